The van der Waals surface area contributed by atoms with E-state index >= 15 is 0 Å². The number of hydrogen-bond acceptors (Lipinski definition) is 2. The number of ether oxygens (including phenoxy) is 1. The molecule has 0 saturated carbocycles. The minimum absolute atomic E-state index is 0.509. The molecule has 76 valence electrons. The van der Waals surface area contributed by atoms with E-state index in [4.69, 9.17) is 21.6 Å². The fraction of sp³-hybridized carbons (Fsp3) is 0.182. The Morgan fingerprint density at radius 1 is 1.53 bits per heavy atom. The number of aromatic nitrogens is 1. The molecule has 0 aliphatic rings. The summed E-state index contributed by atoms with van der Waals surface area (Å²) in [6, 6.07) is 7.48. The van der Waals surface area contributed by atoms with Gasteiger partial charge in [0.15, 0.2) is 0 Å². The van der Waals surface area contributed by atoms with Gasteiger partial charge < -0.3 is 9.72 Å². The number of fused-ring (bicyclic) bond motifs is 1. The van der Waals surface area contributed by atoms with Gasteiger partial charge in [-0.15, -0.1) is 0 Å². The third-order valence-corrected chi connectivity index (χ3v) is 2.36. The van der Waals surface area contributed by atoms with E-state index in [1.807, 2.05) is 13.0 Å². The van der Waals surface area contributed by atoms with E-state index in [0.29, 0.717) is 23.1 Å². The van der Waals surface area contributed by atoms with Crippen LogP contribution < -0.4 is 4.74 Å². The predicted molar refractivity (Wildman–Crippen MR) is 59.2 cm³/mol. The number of benzene rings is 1. The minimum Gasteiger partial charge on any atom is -0.478 e. The Balaban J connectivity index is 2.70. The van der Waals surface area contributed by atoms with Gasteiger partial charge in [-0.3, -0.25) is 0 Å². The lowest BCUT2D eigenvalue weighted by atomic mass is 10.2. The van der Waals surface area contributed by atoms with E-state index in [9.17, 15) is 0 Å². The summed E-state index contributed by atoms with van der Waals surface area (Å²) >= 11 is 5.87. The highest BCUT2D eigenvalue weighted by Gasteiger charge is 2.11. The molecule has 0 bridgehead atoms. The van der Waals surface area contributed by atoms with Crippen LogP contribution in [0.25, 0.3) is 10.9 Å². The Morgan fingerprint density at radius 2 is 2.33 bits per heavy atom. The molecule has 15 heavy (non-hydrogen) atoms. The van der Waals surface area contributed by atoms with Gasteiger partial charge in [-0.05, 0) is 25.1 Å². The second kappa shape index (κ2) is 3.84. The van der Waals surface area contributed by atoms with Crippen molar-refractivity contribution in [2.45, 2.75) is 6.92 Å². The molecule has 0 aliphatic carbocycles. The first-order valence-corrected chi connectivity index (χ1v) is 4.98. The molecule has 0 atom stereocenters. The number of nitrogens with zero attached hydrogens (tertiary/aromatic N) is 1. The summed E-state index contributed by atoms with van der Waals surface area (Å²) in [5.74, 6) is 0.511. The van der Waals surface area contributed by atoms with Crippen molar-refractivity contribution in [3.8, 4) is 11.9 Å². The summed E-state index contributed by atoms with van der Waals surface area (Å²) in [5, 5.41) is 10.4. The van der Waals surface area contributed by atoms with E-state index in [2.05, 4.69) is 11.1 Å². The second-order valence-corrected chi connectivity index (χ2v) is 3.50. The fourth-order valence-corrected chi connectivity index (χ4v) is 1.68. The van der Waals surface area contributed by atoms with Crippen molar-refractivity contribution in [3.63, 3.8) is 0 Å². The molecule has 0 spiro atoms. The standard InChI is InChI=1S/C11H9ClN2O/c1-2-15-11-9(6-13)8-5-7(12)3-4-10(8)14-11/h3-5,14H,2H2,1H3. The number of hydrogen-bond donors (Lipinski definition) is 1. The molecule has 0 saturated heterocycles. The maximum atomic E-state index is 9.03. The zero-order valence-electron chi connectivity index (χ0n) is 8.17. The van der Waals surface area contributed by atoms with Gasteiger partial charge in [0.1, 0.15) is 11.6 Å². The van der Waals surface area contributed by atoms with Crippen LogP contribution in [0.1, 0.15) is 12.5 Å². The lowest BCUT2D eigenvalue weighted by Crippen LogP contribution is -1.92. The molecular weight excluding hydrogens is 212 g/mol. The zero-order valence-corrected chi connectivity index (χ0v) is 8.93. The van der Waals surface area contributed by atoms with Crippen molar-refractivity contribution >= 4 is 22.5 Å². The maximum absolute atomic E-state index is 9.03. The minimum atomic E-state index is 0.509. The number of rotatable bonds is 2. The average molecular weight is 221 g/mol. The summed E-state index contributed by atoms with van der Waals surface area (Å²) in [5.41, 5.74) is 1.37. The molecule has 3 nitrogen and oxygen atoms in total. The number of aromatic amines is 1. The molecule has 0 aliphatic heterocycles. The molecule has 0 unspecified atom stereocenters. The topological polar surface area (TPSA) is 48.8 Å². The molecule has 1 heterocycles. The van der Waals surface area contributed by atoms with Crippen molar-refractivity contribution in [1.82, 2.24) is 4.98 Å². The molecule has 2 rings (SSSR count). The highest BCUT2D eigenvalue weighted by Crippen LogP contribution is 2.29. The molecule has 0 fully saturated rings. The first-order chi connectivity index (χ1) is 7.26. The van der Waals surface area contributed by atoms with Gasteiger partial charge in [-0.2, -0.15) is 5.26 Å². The number of halogens is 1. The van der Waals surface area contributed by atoms with Crippen LogP contribution in [0.3, 0.4) is 0 Å². The van der Waals surface area contributed by atoms with E-state index in [1.54, 1.807) is 12.1 Å². The third kappa shape index (κ3) is 1.64. The Morgan fingerprint density at radius 3 is 3.00 bits per heavy atom. The third-order valence-electron chi connectivity index (χ3n) is 2.13. The van der Waals surface area contributed by atoms with Crippen LogP contribution in [0, 0.1) is 11.3 Å². The van der Waals surface area contributed by atoms with Crippen LogP contribution in [-0.2, 0) is 0 Å². The quantitative estimate of drug-likeness (QED) is 0.846. The normalized spacial score (nSPS) is 10.2. The van der Waals surface area contributed by atoms with Crippen molar-refractivity contribution < 1.29 is 4.74 Å². The van der Waals surface area contributed by atoms with Crippen molar-refractivity contribution in [2.75, 3.05) is 6.61 Å². The molecule has 1 aromatic heterocycles. The van der Waals surface area contributed by atoms with Crippen LogP contribution >= 0.6 is 11.6 Å². The number of H-pyrrole nitrogens is 1. The van der Waals surface area contributed by atoms with Crippen molar-refractivity contribution in [1.29, 1.82) is 5.26 Å². The maximum Gasteiger partial charge on any atom is 0.210 e. The largest absolute Gasteiger partial charge is 0.478 e. The SMILES string of the molecule is CCOc1[nH]c2ccc(Cl)cc2c1C#N. The Labute approximate surface area is 92.2 Å². The average Bonchev–Trinajstić information content (AvgIpc) is 2.55. The molecular formula is C11H9ClN2O. The van der Waals surface area contributed by atoms with Crippen LogP contribution in [0.5, 0.6) is 5.88 Å². The smallest absolute Gasteiger partial charge is 0.210 e. The van der Waals surface area contributed by atoms with Gasteiger partial charge in [0, 0.05) is 15.9 Å². The summed E-state index contributed by atoms with van der Waals surface area (Å²) in [7, 11) is 0. The lowest BCUT2D eigenvalue weighted by Gasteiger charge is -1.97. The lowest BCUT2D eigenvalue weighted by molar-refractivity contribution is 0.328. The van der Waals surface area contributed by atoms with Gasteiger partial charge in [0.2, 0.25) is 5.88 Å². The second-order valence-electron chi connectivity index (χ2n) is 3.06. The van der Waals surface area contributed by atoms with Crippen molar-refractivity contribution in [2.24, 2.45) is 0 Å². The van der Waals surface area contributed by atoms with Gasteiger partial charge in [-0.25, -0.2) is 0 Å². The highest BCUT2D eigenvalue weighted by molar-refractivity contribution is 6.31. The summed E-state index contributed by atoms with van der Waals surface area (Å²) < 4.78 is 5.33. The molecule has 4 heteroatoms. The number of nitrogens with one attached hydrogen (secondary N) is 1. The van der Waals surface area contributed by atoms with Gasteiger partial charge in [-0.1, -0.05) is 11.6 Å². The van der Waals surface area contributed by atoms with Gasteiger partial charge in [0.25, 0.3) is 0 Å². The van der Waals surface area contributed by atoms with E-state index < -0.39 is 0 Å². The van der Waals surface area contributed by atoms with Crippen LogP contribution in [0.15, 0.2) is 18.2 Å². The zero-order chi connectivity index (χ0) is 10.8. The van der Waals surface area contributed by atoms with Crippen LogP contribution in [0.2, 0.25) is 5.02 Å². The molecule has 1 N–H and O–H groups in total. The van der Waals surface area contributed by atoms with Crippen LogP contribution in [0.4, 0.5) is 0 Å². The van der Waals surface area contributed by atoms with Gasteiger partial charge >= 0.3 is 0 Å². The predicted octanol–water partition coefficient (Wildman–Crippen LogP) is 3.09. The number of nitriles is 1. The summed E-state index contributed by atoms with van der Waals surface area (Å²) in [4.78, 5) is 3.04. The van der Waals surface area contributed by atoms with E-state index in [0.717, 1.165) is 10.9 Å². The summed E-state index contributed by atoms with van der Waals surface area (Å²) in [6.45, 7) is 2.40. The Hall–Kier alpha value is -1.66. The summed E-state index contributed by atoms with van der Waals surface area (Å²) in [6.07, 6.45) is 0. The fourth-order valence-electron chi connectivity index (χ4n) is 1.50. The highest BCUT2D eigenvalue weighted by atomic mass is 35.5. The molecule has 2 aromatic rings. The first-order valence-electron chi connectivity index (χ1n) is 4.60. The Kier molecular flexibility index (Phi) is 2.53. The molecule has 1 aromatic carbocycles. The van der Waals surface area contributed by atoms with E-state index in [-0.39, 0.29) is 0 Å². The Bertz CT molecular complexity index is 539. The molecule has 0 radical (unpaired) electrons. The van der Waals surface area contributed by atoms with Crippen molar-refractivity contribution in [3.05, 3.63) is 28.8 Å². The van der Waals surface area contributed by atoms with E-state index in [1.165, 1.54) is 0 Å². The molecule has 0 amide bonds. The van der Waals surface area contributed by atoms with Gasteiger partial charge in [0.05, 0.1) is 6.61 Å². The van der Waals surface area contributed by atoms with Crippen LogP contribution in [-0.4, -0.2) is 11.6 Å². The monoisotopic (exact) mass is 220 g/mol. The first kappa shape index (κ1) is 9.88.